The van der Waals surface area contributed by atoms with Crippen LogP contribution in [0.25, 0.3) is 65.7 Å². The lowest BCUT2D eigenvalue weighted by atomic mass is 9.88. The maximum atomic E-state index is 6.91. The predicted octanol–water partition coefficient (Wildman–Crippen LogP) is 16.4. The minimum absolute atomic E-state index is 0.803. The second kappa shape index (κ2) is 13.1. The van der Waals surface area contributed by atoms with Gasteiger partial charge < -0.3 is 23.7 Å². The zero-order valence-electron chi connectivity index (χ0n) is 32.7. The first kappa shape index (κ1) is 33.7. The smallest absolute Gasteiger partial charge is 0.137 e. The van der Waals surface area contributed by atoms with E-state index in [9.17, 15) is 0 Å². The second-order valence-corrected chi connectivity index (χ2v) is 15.7. The Kier molecular flexibility index (Phi) is 7.24. The van der Waals surface area contributed by atoms with Crippen LogP contribution in [0.3, 0.4) is 0 Å². The van der Waals surface area contributed by atoms with Crippen LogP contribution in [0.5, 0.6) is 23.0 Å². The van der Waals surface area contributed by atoms with Crippen LogP contribution in [0.15, 0.2) is 211 Å². The van der Waals surface area contributed by atoms with Crippen molar-refractivity contribution in [2.45, 2.75) is 0 Å². The average Bonchev–Trinajstić information content (AvgIpc) is 3.69. The molecule has 0 saturated heterocycles. The molecule has 10 aromatic carbocycles. The van der Waals surface area contributed by atoms with Gasteiger partial charge in [0.1, 0.15) is 34.2 Å². The van der Waals surface area contributed by atoms with E-state index in [2.05, 4.69) is 192 Å². The van der Waals surface area contributed by atoms with Gasteiger partial charge in [-0.2, -0.15) is 0 Å². The van der Waals surface area contributed by atoms with Crippen LogP contribution < -0.4 is 19.3 Å². The third kappa shape index (κ3) is 5.27. The number of hydrogen-bond donors (Lipinski definition) is 0. The van der Waals surface area contributed by atoms with Crippen molar-refractivity contribution in [3.63, 3.8) is 0 Å². The zero-order valence-corrected chi connectivity index (χ0v) is 32.7. The summed E-state index contributed by atoms with van der Waals surface area (Å²) in [5.41, 5.74) is 12.3. The van der Waals surface area contributed by atoms with E-state index in [0.29, 0.717) is 0 Å². The molecule has 286 valence electrons. The van der Waals surface area contributed by atoms with E-state index in [4.69, 9.17) is 13.9 Å². The fourth-order valence-electron chi connectivity index (χ4n) is 9.42. The molecular formula is C56H34N2O3. The number of nitrogens with zero attached hydrogens (tertiary/aromatic N) is 2. The van der Waals surface area contributed by atoms with Gasteiger partial charge >= 0.3 is 0 Å². The molecule has 2 aliphatic rings. The first-order valence-electron chi connectivity index (χ1n) is 20.6. The molecule has 5 nitrogen and oxygen atoms in total. The fourth-order valence-corrected chi connectivity index (χ4v) is 9.42. The highest BCUT2D eigenvalue weighted by Gasteiger charge is 2.29. The number of para-hydroxylation sites is 3. The highest BCUT2D eigenvalue weighted by atomic mass is 16.5. The SMILES string of the molecule is c1ccc(N(c2ccccc2)c2ccc3c(c2)Oc2ccc4c5c(ccc-3c25)Oc2cc(N(c3ccc5ccccc5c3)c3ccc5oc6ccccc6c5c3)ccc2-4)cc1. The van der Waals surface area contributed by atoms with Crippen molar-refractivity contribution in [3.05, 3.63) is 206 Å². The Morgan fingerprint density at radius 2 is 0.754 bits per heavy atom. The Balaban J connectivity index is 0.923. The molecule has 0 fully saturated rings. The molecule has 0 spiro atoms. The van der Waals surface area contributed by atoms with Crippen molar-refractivity contribution in [1.82, 2.24) is 0 Å². The maximum absolute atomic E-state index is 6.91. The first-order valence-corrected chi connectivity index (χ1v) is 20.6. The Morgan fingerprint density at radius 1 is 0.279 bits per heavy atom. The molecule has 0 atom stereocenters. The van der Waals surface area contributed by atoms with E-state index in [1.165, 1.54) is 10.8 Å². The van der Waals surface area contributed by atoms with Gasteiger partial charge in [0.15, 0.2) is 0 Å². The van der Waals surface area contributed by atoms with E-state index in [-0.39, 0.29) is 0 Å². The van der Waals surface area contributed by atoms with Crippen LogP contribution >= 0.6 is 0 Å². The molecule has 0 amide bonds. The summed E-state index contributed by atoms with van der Waals surface area (Å²) < 4.78 is 20.0. The highest BCUT2D eigenvalue weighted by molar-refractivity contribution is 6.14. The van der Waals surface area contributed by atoms with Crippen molar-refractivity contribution in [3.8, 4) is 45.3 Å². The van der Waals surface area contributed by atoms with Crippen LogP contribution in [0.1, 0.15) is 0 Å². The largest absolute Gasteiger partial charge is 0.456 e. The molecule has 0 unspecified atom stereocenters. The standard InChI is InChI=1S/C56H34N2O3/c1-3-13-37(14-4-1)57(38-15-5-2-6-16-38)41-21-24-44-46-26-30-52-56-47(27-29-51(55(46)56)60-53(44)33-41)45-25-22-42(34-54(45)61-52)58(39-20-19-35-11-7-8-12-36(35)31-39)40-23-28-50-48(32-40)43-17-9-10-18-49(43)59-50/h1-34H. The molecule has 2 aliphatic heterocycles. The Hall–Kier alpha value is -8.28. The Labute approximate surface area is 351 Å². The van der Waals surface area contributed by atoms with E-state index < -0.39 is 0 Å². The van der Waals surface area contributed by atoms with E-state index in [1.54, 1.807) is 0 Å². The number of furan rings is 1. The molecule has 1 aromatic heterocycles. The van der Waals surface area contributed by atoms with Gasteiger partial charge in [-0.3, -0.25) is 0 Å². The van der Waals surface area contributed by atoms with Crippen molar-refractivity contribution < 1.29 is 13.9 Å². The van der Waals surface area contributed by atoms with Crippen LogP contribution in [-0.2, 0) is 0 Å². The minimum atomic E-state index is 0.803. The monoisotopic (exact) mass is 782 g/mol. The van der Waals surface area contributed by atoms with Crippen LogP contribution in [0.2, 0.25) is 0 Å². The predicted molar refractivity (Wildman–Crippen MR) is 249 cm³/mol. The third-order valence-corrected chi connectivity index (χ3v) is 12.2. The normalized spacial score (nSPS) is 12.2. The van der Waals surface area contributed by atoms with Gasteiger partial charge in [0.2, 0.25) is 0 Å². The van der Waals surface area contributed by atoms with Crippen LogP contribution in [0, 0.1) is 0 Å². The van der Waals surface area contributed by atoms with Gasteiger partial charge in [-0.15, -0.1) is 0 Å². The molecule has 0 radical (unpaired) electrons. The molecule has 13 rings (SSSR count). The summed E-state index contributed by atoms with van der Waals surface area (Å²) in [7, 11) is 0. The lowest BCUT2D eigenvalue weighted by molar-refractivity contribution is 0.480. The number of hydrogen-bond acceptors (Lipinski definition) is 5. The quantitative estimate of drug-likeness (QED) is 0.168. The second-order valence-electron chi connectivity index (χ2n) is 15.7. The Morgan fingerprint density at radius 3 is 1.41 bits per heavy atom. The number of fused-ring (bicyclic) bond motifs is 8. The number of rotatable bonds is 6. The Bertz CT molecular complexity index is 3520. The van der Waals surface area contributed by atoms with Gasteiger partial charge in [-0.05, 0) is 131 Å². The summed E-state index contributed by atoms with van der Waals surface area (Å²) in [5, 5.41) is 6.66. The number of benzene rings is 10. The van der Waals surface area contributed by atoms with Crippen LogP contribution in [-0.4, -0.2) is 0 Å². The van der Waals surface area contributed by atoms with Gasteiger partial charge in [-0.25, -0.2) is 0 Å². The van der Waals surface area contributed by atoms with Crippen molar-refractivity contribution in [2.24, 2.45) is 0 Å². The van der Waals surface area contributed by atoms with Crippen molar-refractivity contribution in [1.29, 1.82) is 0 Å². The van der Waals surface area contributed by atoms with E-state index in [0.717, 1.165) is 112 Å². The van der Waals surface area contributed by atoms with Crippen molar-refractivity contribution >= 4 is 77.6 Å². The van der Waals surface area contributed by atoms with E-state index >= 15 is 0 Å². The average molecular weight is 783 g/mol. The van der Waals surface area contributed by atoms with Gasteiger partial charge in [0, 0.05) is 78.9 Å². The molecule has 0 bridgehead atoms. The molecule has 5 heteroatoms. The van der Waals surface area contributed by atoms with Crippen molar-refractivity contribution in [2.75, 3.05) is 9.80 Å². The molecule has 11 aromatic rings. The molecule has 0 N–H and O–H groups in total. The summed E-state index contributed by atoms with van der Waals surface area (Å²) in [6.45, 7) is 0. The zero-order chi connectivity index (χ0) is 40.0. The van der Waals surface area contributed by atoms with Crippen LogP contribution in [0.4, 0.5) is 34.1 Å². The summed E-state index contributed by atoms with van der Waals surface area (Å²) in [6.07, 6.45) is 0. The molecule has 61 heavy (non-hydrogen) atoms. The third-order valence-electron chi connectivity index (χ3n) is 12.2. The minimum Gasteiger partial charge on any atom is -0.456 e. The number of ether oxygens (including phenoxy) is 2. The first-order chi connectivity index (χ1) is 30.2. The molecule has 3 heterocycles. The maximum Gasteiger partial charge on any atom is 0.137 e. The topological polar surface area (TPSA) is 38.1 Å². The summed E-state index contributed by atoms with van der Waals surface area (Å²) >= 11 is 0. The molecular weight excluding hydrogens is 749 g/mol. The summed E-state index contributed by atoms with van der Waals surface area (Å²) in [5.74, 6) is 3.26. The van der Waals surface area contributed by atoms with Gasteiger partial charge in [0.05, 0.1) is 0 Å². The number of anilines is 6. The van der Waals surface area contributed by atoms with Gasteiger partial charge in [0.25, 0.3) is 0 Å². The summed E-state index contributed by atoms with van der Waals surface area (Å²) in [4.78, 5) is 4.57. The highest BCUT2D eigenvalue weighted by Crippen LogP contribution is 2.56. The lowest BCUT2D eigenvalue weighted by Crippen LogP contribution is -2.11. The van der Waals surface area contributed by atoms with E-state index in [1.807, 2.05) is 24.3 Å². The molecule has 0 saturated carbocycles. The fraction of sp³-hybridized carbons (Fsp3) is 0. The molecule has 0 aliphatic carbocycles. The van der Waals surface area contributed by atoms with Gasteiger partial charge in [-0.1, -0.05) is 84.9 Å². The lowest BCUT2D eigenvalue weighted by Gasteiger charge is -2.30. The summed E-state index contributed by atoms with van der Waals surface area (Å²) in [6, 6.07) is 72.4.